The van der Waals surface area contributed by atoms with Crippen molar-refractivity contribution in [3.8, 4) is 0 Å². The van der Waals surface area contributed by atoms with Crippen molar-refractivity contribution in [1.82, 2.24) is 0 Å². The van der Waals surface area contributed by atoms with Crippen LogP contribution in [0.15, 0.2) is 57.5 Å². The van der Waals surface area contributed by atoms with Gasteiger partial charge in [-0.3, -0.25) is 4.79 Å². The van der Waals surface area contributed by atoms with Gasteiger partial charge >= 0.3 is 5.97 Å². The minimum Gasteiger partial charge on any atom is -0.466 e. The zero-order valence-electron chi connectivity index (χ0n) is 12.6. The zero-order chi connectivity index (χ0) is 16.1. The second-order valence-corrected chi connectivity index (χ2v) is 6.96. The smallest absolute Gasteiger partial charge is 0.314 e. The Kier molecular flexibility index (Phi) is 6.21. The van der Waals surface area contributed by atoms with E-state index >= 15 is 0 Å². The van der Waals surface area contributed by atoms with Crippen LogP contribution in [-0.2, 0) is 9.53 Å². The van der Waals surface area contributed by atoms with E-state index in [2.05, 4.69) is 44.8 Å². The van der Waals surface area contributed by atoms with Crippen molar-refractivity contribution in [1.29, 1.82) is 0 Å². The number of ether oxygens (including phenoxy) is 1. The van der Waals surface area contributed by atoms with Gasteiger partial charge in [0.15, 0.2) is 0 Å². The summed E-state index contributed by atoms with van der Waals surface area (Å²) in [7, 11) is 0. The van der Waals surface area contributed by atoms with E-state index in [4.69, 9.17) is 4.74 Å². The first-order valence-electron chi connectivity index (χ1n) is 7.20. The molecule has 0 aliphatic carbocycles. The fourth-order valence-corrected chi connectivity index (χ4v) is 3.38. The van der Waals surface area contributed by atoms with Crippen LogP contribution in [0.5, 0.6) is 0 Å². The highest BCUT2D eigenvalue weighted by Gasteiger charge is 2.29. The van der Waals surface area contributed by atoms with Gasteiger partial charge in [0.05, 0.1) is 12.5 Å². The van der Waals surface area contributed by atoms with Gasteiger partial charge in [-0.15, -0.1) is 0 Å². The number of carbonyl (C=O) groups is 1. The summed E-state index contributed by atoms with van der Waals surface area (Å²) in [6, 6.07) is 15.9. The summed E-state index contributed by atoms with van der Waals surface area (Å²) in [6.45, 7) is 4.28. The maximum absolute atomic E-state index is 12.5. The van der Waals surface area contributed by atoms with Gasteiger partial charge in [-0.1, -0.05) is 63.0 Å². The minimum absolute atomic E-state index is 0.0193. The number of hydrogen-bond donors (Lipinski definition) is 0. The second kappa shape index (κ2) is 7.93. The summed E-state index contributed by atoms with van der Waals surface area (Å²) >= 11 is 6.97. The molecule has 22 heavy (non-hydrogen) atoms. The van der Waals surface area contributed by atoms with E-state index in [1.54, 1.807) is 0 Å². The maximum Gasteiger partial charge on any atom is 0.314 e. The fourth-order valence-electron chi connectivity index (χ4n) is 2.54. The van der Waals surface area contributed by atoms with Crippen LogP contribution in [-0.4, -0.2) is 12.6 Å². The van der Waals surface area contributed by atoms with Crippen LogP contribution in [0.1, 0.15) is 36.8 Å². The van der Waals surface area contributed by atoms with Gasteiger partial charge in [-0.05, 0) is 48.2 Å². The van der Waals surface area contributed by atoms with Crippen molar-refractivity contribution in [3.63, 3.8) is 0 Å². The molecule has 4 heteroatoms. The van der Waals surface area contributed by atoms with Crippen molar-refractivity contribution < 1.29 is 9.53 Å². The molecule has 0 radical (unpaired) electrons. The Labute approximate surface area is 148 Å². The van der Waals surface area contributed by atoms with E-state index in [9.17, 15) is 4.79 Å². The Bertz CT molecular complexity index is 655. The molecule has 0 aromatic heterocycles. The molecule has 2 unspecified atom stereocenters. The van der Waals surface area contributed by atoms with Gasteiger partial charge in [0.2, 0.25) is 0 Å². The summed E-state index contributed by atoms with van der Waals surface area (Å²) in [5.41, 5.74) is 2.06. The molecule has 0 bridgehead atoms. The molecule has 2 rings (SSSR count). The molecule has 2 aromatic rings. The molecule has 0 saturated heterocycles. The maximum atomic E-state index is 12.5. The lowest BCUT2D eigenvalue weighted by Gasteiger charge is -2.23. The van der Waals surface area contributed by atoms with Crippen LogP contribution in [0, 0.1) is 0 Å². The standard InChI is InChI=1S/C18H18Br2O2/c1-3-22-18(21)17(14-7-5-9-16(20)11-14)12(2)13-6-4-8-15(19)10-13/h4-12,17H,3H2,1-2H3. The highest BCUT2D eigenvalue weighted by molar-refractivity contribution is 9.10. The number of carbonyl (C=O) groups excluding carboxylic acids is 1. The normalized spacial score (nSPS) is 13.5. The average molecular weight is 426 g/mol. The van der Waals surface area contributed by atoms with Crippen molar-refractivity contribution >= 4 is 37.8 Å². The topological polar surface area (TPSA) is 26.3 Å². The highest BCUT2D eigenvalue weighted by atomic mass is 79.9. The molecule has 0 N–H and O–H groups in total. The lowest BCUT2D eigenvalue weighted by atomic mass is 9.83. The third-order valence-corrected chi connectivity index (χ3v) is 4.61. The Morgan fingerprint density at radius 2 is 1.59 bits per heavy atom. The predicted octanol–water partition coefficient (Wildman–Crippen LogP) is 5.66. The van der Waals surface area contributed by atoms with Gasteiger partial charge in [0.25, 0.3) is 0 Å². The van der Waals surface area contributed by atoms with Crippen LogP contribution < -0.4 is 0 Å². The predicted molar refractivity (Wildman–Crippen MR) is 96.1 cm³/mol. The Balaban J connectivity index is 2.42. The average Bonchev–Trinajstić information content (AvgIpc) is 2.48. The van der Waals surface area contributed by atoms with Crippen molar-refractivity contribution in [2.45, 2.75) is 25.7 Å². The van der Waals surface area contributed by atoms with Gasteiger partial charge in [0.1, 0.15) is 0 Å². The molecule has 116 valence electrons. The molecule has 0 saturated carbocycles. The molecule has 2 nitrogen and oxygen atoms in total. The molecule has 2 aromatic carbocycles. The van der Waals surface area contributed by atoms with E-state index in [1.165, 1.54) is 0 Å². The van der Waals surface area contributed by atoms with Gasteiger partial charge in [-0.25, -0.2) is 0 Å². The molecule has 0 spiro atoms. The molecular formula is C18H18Br2O2. The summed E-state index contributed by atoms with van der Waals surface area (Å²) in [5.74, 6) is -0.495. The first kappa shape index (κ1) is 17.2. The zero-order valence-corrected chi connectivity index (χ0v) is 15.7. The lowest BCUT2D eigenvalue weighted by molar-refractivity contribution is -0.145. The van der Waals surface area contributed by atoms with Gasteiger partial charge < -0.3 is 4.74 Å². The van der Waals surface area contributed by atoms with E-state index < -0.39 is 0 Å². The van der Waals surface area contributed by atoms with E-state index in [0.717, 1.165) is 20.1 Å². The number of benzene rings is 2. The number of rotatable bonds is 5. The molecule has 2 atom stereocenters. The summed E-state index contributed by atoms with van der Waals surface area (Å²) < 4.78 is 7.27. The van der Waals surface area contributed by atoms with Crippen LogP contribution in [0.25, 0.3) is 0 Å². The van der Waals surface area contributed by atoms with Gasteiger partial charge in [-0.2, -0.15) is 0 Å². The summed E-state index contributed by atoms with van der Waals surface area (Å²) in [4.78, 5) is 12.5. The quantitative estimate of drug-likeness (QED) is 0.577. The number of esters is 1. The monoisotopic (exact) mass is 424 g/mol. The fraction of sp³-hybridized carbons (Fsp3) is 0.278. The number of halogens is 2. The first-order chi connectivity index (χ1) is 10.5. The van der Waals surface area contributed by atoms with Gasteiger partial charge in [0, 0.05) is 8.95 Å². The van der Waals surface area contributed by atoms with Crippen LogP contribution in [0.2, 0.25) is 0 Å². The van der Waals surface area contributed by atoms with Crippen molar-refractivity contribution in [3.05, 3.63) is 68.6 Å². The molecule has 0 amide bonds. The van der Waals surface area contributed by atoms with Crippen LogP contribution in [0.3, 0.4) is 0 Å². The first-order valence-corrected chi connectivity index (χ1v) is 8.79. The van der Waals surface area contributed by atoms with Crippen molar-refractivity contribution in [2.75, 3.05) is 6.61 Å². The van der Waals surface area contributed by atoms with E-state index in [0.29, 0.717) is 6.61 Å². The van der Waals surface area contributed by atoms with Crippen LogP contribution in [0.4, 0.5) is 0 Å². The molecule has 0 fully saturated rings. The molecule has 0 heterocycles. The molecule has 0 aliphatic heterocycles. The van der Waals surface area contributed by atoms with E-state index in [1.807, 2.05) is 49.4 Å². The molecular weight excluding hydrogens is 408 g/mol. The van der Waals surface area contributed by atoms with Crippen LogP contribution >= 0.6 is 31.9 Å². The lowest BCUT2D eigenvalue weighted by Crippen LogP contribution is -2.21. The third-order valence-electron chi connectivity index (χ3n) is 3.62. The Hall–Kier alpha value is -1.13. The third kappa shape index (κ3) is 4.20. The second-order valence-electron chi connectivity index (χ2n) is 5.13. The van der Waals surface area contributed by atoms with Crippen molar-refractivity contribution in [2.24, 2.45) is 0 Å². The number of hydrogen-bond acceptors (Lipinski definition) is 2. The molecule has 0 aliphatic rings. The Morgan fingerprint density at radius 1 is 1.05 bits per heavy atom. The highest BCUT2D eigenvalue weighted by Crippen LogP contribution is 2.35. The SMILES string of the molecule is CCOC(=O)C(c1cccc(Br)c1)C(C)c1cccc(Br)c1. The summed E-state index contributed by atoms with van der Waals surface area (Å²) in [6.07, 6.45) is 0. The largest absolute Gasteiger partial charge is 0.466 e. The van der Waals surface area contributed by atoms with E-state index in [-0.39, 0.29) is 17.8 Å². The Morgan fingerprint density at radius 3 is 2.14 bits per heavy atom. The summed E-state index contributed by atoms with van der Waals surface area (Å²) in [5, 5.41) is 0. The minimum atomic E-state index is -0.327.